The van der Waals surface area contributed by atoms with Crippen molar-refractivity contribution in [3.63, 3.8) is 0 Å². The van der Waals surface area contributed by atoms with Gasteiger partial charge in [-0.15, -0.1) is 11.3 Å². The Morgan fingerprint density at radius 2 is 2.40 bits per heavy atom. The van der Waals surface area contributed by atoms with Gasteiger partial charge in [-0.1, -0.05) is 6.92 Å². The summed E-state index contributed by atoms with van der Waals surface area (Å²) in [5.74, 6) is 0.931. The topological polar surface area (TPSA) is 38.1 Å². The number of thiazole rings is 1. The Morgan fingerprint density at radius 1 is 1.53 bits per heavy atom. The number of anilines is 1. The molecule has 0 saturated heterocycles. The van der Waals surface area contributed by atoms with Gasteiger partial charge in [-0.25, -0.2) is 4.98 Å². The fourth-order valence-corrected chi connectivity index (χ4v) is 2.31. The highest BCUT2D eigenvalue weighted by atomic mass is 32.1. The third-order valence-corrected chi connectivity index (χ3v) is 3.19. The summed E-state index contributed by atoms with van der Waals surface area (Å²) in [6.45, 7) is 4.93. The Morgan fingerprint density at radius 3 is 3.00 bits per heavy atom. The lowest BCUT2D eigenvalue weighted by Crippen LogP contribution is -1.97. The standard InChI is InChI=1S/C11H14N2OS/c1-3-10-8(2)15-11(13-10)12-7-9-5-4-6-14-9/h4-6H,3,7H2,1-2H3,(H,12,13). The van der Waals surface area contributed by atoms with Crippen LogP contribution in [-0.4, -0.2) is 4.98 Å². The Hall–Kier alpha value is -1.29. The van der Waals surface area contributed by atoms with Crippen LogP contribution in [0.1, 0.15) is 23.3 Å². The van der Waals surface area contributed by atoms with E-state index in [4.69, 9.17) is 4.42 Å². The molecule has 0 amide bonds. The van der Waals surface area contributed by atoms with Crippen LogP contribution in [0.2, 0.25) is 0 Å². The van der Waals surface area contributed by atoms with Crippen molar-refractivity contribution in [2.75, 3.05) is 5.32 Å². The first-order chi connectivity index (χ1) is 7.29. The first kappa shape index (κ1) is 10.2. The predicted octanol–water partition coefficient (Wildman–Crippen LogP) is 3.22. The van der Waals surface area contributed by atoms with Crippen molar-refractivity contribution in [1.82, 2.24) is 4.98 Å². The van der Waals surface area contributed by atoms with E-state index in [2.05, 4.69) is 24.1 Å². The Labute approximate surface area is 93.2 Å². The minimum absolute atomic E-state index is 0.698. The van der Waals surface area contributed by atoms with E-state index in [1.165, 1.54) is 10.6 Å². The summed E-state index contributed by atoms with van der Waals surface area (Å²) < 4.78 is 5.23. The summed E-state index contributed by atoms with van der Waals surface area (Å²) in [5.41, 5.74) is 1.18. The average molecular weight is 222 g/mol. The van der Waals surface area contributed by atoms with Crippen molar-refractivity contribution >= 4 is 16.5 Å². The predicted molar refractivity (Wildman–Crippen MR) is 62.3 cm³/mol. The third-order valence-electron chi connectivity index (χ3n) is 2.22. The molecule has 0 aliphatic heterocycles. The van der Waals surface area contributed by atoms with Crippen LogP contribution in [-0.2, 0) is 13.0 Å². The summed E-state index contributed by atoms with van der Waals surface area (Å²) in [6, 6.07) is 3.84. The molecule has 0 aliphatic rings. The van der Waals surface area contributed by atoms with Crippen LogP contribution in [0.4, 0.5) is 5.13 Å². The molecule has 2 heterocycles. The Kier molecular flexibility index (Phi) is 3.06. The van der Waals surface area contributed by atoms with Gasteiger partial charge in [0.1, 0.15) is 5.76 Å². The van der Waals surface area contributed by atoms with E-state index >= 15 is 0 Å². The smallest absolute Gasteiger partial charge is 0.183 e. The molecule has 0 spiro atoms. The number of furan rings is 1. The molecule has 2 aromatic heterocycles. The molecule has 0 radical (unpaired) electrons. The van der Waals surface area contributed by atoms with E-state index < -0.39 is 0 Å². The van der Waals surface area contributed by atoms with Gasteiger partial charge in [0.15, 0.2) is 5.13 Å². The zero-order valence-corrected chi connectivity index (χ0v) is 9.73. The maximum atomic E-state index is 5.23. The van der Waals surface area contributed by atoms with E-state index in [-0.39, 0.29) is 0 Å². The molecule has 4 heteroatoms. The summed E-state index contributed by atoms with van der Waals surface area (Å²) >= 11 is 1.70. The van der Waals surface area contributed by atoms with Crippen LogP contribution in [0.15, 0.2) is 22.8 Å². The Balaban J connectivity index is 1.99. The van der Waals surface area contributed by atoms with Gasteiger partial charge in [0.25, 0.3) is 0 Å². The maximum Gasteiger partial charge on any atom is 0.183 e. The van der Waals surface area contributed by atoms with Crippen LogP contribution in [0.3, 0.4) is 0 Å². The lowest BCUT2D eigenvalue weighted by molar-refractivity contribution is 0.518. The van der Waals surface area contributed by atoms with Crippen LogP contribution in [0, 0.1) is 6.92 Å². The number of aromatic nitrogens is 1. The lowest BCUT2D eigenvalue weighted by Gasteiger charge is -1.97. The van der Waals surface area contributed by atoms with Crippen LogP contribution in [0.5, 0.6) is 0 Å². The molecule has 0 bridgehead atoms. The van der Waals surface area contributed by atoms with Gasteiger partial charge in [-0.05, 0) is 25.5 Å². The number of aryl methyl sites for hydroxylation is 2. The normalized spacial score (nSPS) is 10.5. The third kappa shape index (κ3) is 2.39. The van der Waals surface area contributed by atoms with E-state index in [1.54, 1.807) is 17.6 Å². The van der Waals surface area contributed by atoms with Crippen molar-refractivity contribution < 1.29 is 4.42 Å². The fourth-order valence-electron chi connectivity index (χ4n) is 1.41. The van der Waals surface area contributed by atoms with Crippen LogP contribution < -0.4 is 5.32 Å². The van der Waals surface area contributed by atoms with Crippen LogP contribution >= 0.6 is 11.3 Å². The summed E-state index contributed by atoms with van der Waals surface area (Å²) in [7, 11) is 0. The van der Waals surface area contributed by atoms with Crippen LogP contribution in [0.25, 0.3) is 0 Å². The number of rotatable bonds is 4. The van der Waals surface area contributed by atoms with Crippen molar-refractivity contribution in [3.8, 4) is 0 Å². The Bertz CT molecular complexity index is 420. The summed E-state index contributed by atoms with van der Waals surface area (Å²) in [6.07, 6.45) is 2.67. The first-order valence-electron chi connectivity index (χ1n) is 5.02. The minimum Gasteiger partial charge on any atom is -0.467 e. The molecule has 3 nitrogen and oxygen atoms in total. The second kappa shape index (κ2) is 4.49. The highest BCUT2D eigenvalue weighted by Crippen LogP contribution is 2.22. The number of hydrogen-bond acceptors (Lipinski definition) is 4. The molecule has 0 unspecified atom stereocenters. The molecule has 80 valence electrons. The van der Waals surface area contributed by atoms with E-state index in [0.29, 0.717) is 6.54 Å². The second-order valence-corrected chi connectivity index (χ2v) is 4.51. The highest BCUT2D eigenvalue weighted by molar-refractivity contribution is 7.15. The zero-order valence-electron chi connectivity index (χ0n) is 8.91. The average Bonchev–Trinajstić information content (AvgIpc) is 2.83. The molecule has 0 saturated carbocycles. The number of nitrogens with zero attached hydrogens (tertiary/aromatic N) is 1. The molecule has 0 aromatic carbocycles. The van der Waals surface area contributed by atoms with Gasteiger partial charge in [0.05, 0.1) is 18.5 Å². The SMILES string of the molecule is CCc1nc(NCc2ccco2)sc1C. The monoisotopic (exact) mass is 222 g/mol. The van der Waals surface area contributed by atoms with E-state index in [1.807, 2.05) is 12.1 Å². The summed E-state index contributed by atoms with van der Waals surface area (Å²) in [5, 5.41) is 4.23. The van der Waals surface area contributed by atoms with Crippen molar-refractivity contribution in [3.05, 3.63) is 34.7 Å². The lowest BCUT2D eigenvalue weighted by atomic mass is 10.3. The van der Waals surface area contributed by atoms with Crippen molar-refractivity contribution in [1.29, 1.82) is 0 Å². The zero-order chi connectivity index (χ0) is 10.7. The second-order valence-electron chi connectivity index (χ2n) is 3.31. The molecule has 2 rings (SSSR count). The quantitative estimate of drug-likeness (QED) is 0.863. The molecular weight excluding hydrogens is 208 g/mol. The molecule has 0 atom stereocenters. The molecule has 0 aliphatic carbocycles. The van der Waals surface area contributed by atoms with Crippen molar-refractivity contribution in [2.24, 2.45) is 0 Å². The highest BCUT2D eigenvalue weighted by Gasteiger charge is 2.05. The largest absolute Gasteiger partial charge is 0.467 e. The van der Waals surface area contributed by atoms with E-state index in [0.717, 1.165) is 17.3 Å². The summed E-state index contributed by atoms with van der Waals surface area (Å²) in [4.78, 5) is 5.78. The van der Waals surface area contributed by atoms with E-state index in [9.17, 15) is 0 Å². The van der Waals surface area contributed by atoms with Gasteiger partial charge in [0, 0.05) is 4.88 Å². The number of nitrogens with one attached hydrogen (secondary N) is 1. The first-order valence-corrected chi connectivity index (χ1v) is 5.83. The van der Waals surface area contributed by atoms with Gasteiger partial charge in [-0.2, -0.15) is 0 Å². The minimum atomic E-state index is 0.698. The molecule has 15 heavy (non-hydrogen) atoms. The van der Waals surface area contributed by atoms with Gasteiger partial charge in [-0.3, -0.25) is 0 Å². The molecule has 0 fully saturated rings. The maximum absolute atomic E-state index is 5.23. The van der Waals surface area contributed by atoms with Gasteiger partial charge in [0.2, 0.25) is 0 Å². The van der Waals surface area contributed by atoms with Gasteiger partial charge >= 0.3 is 0 Å². The van der Waals surface area contributed by atoms with Gasteiger partial charge < -0.3 is 9.73 Å². The fraction of sp³-hybridized carbons (Fsp3) is 0.364. The number of hydrogen-bond donors (Lipinski definition) is 1. The molecule has 2 aromatic rings. The molecule has 1 N–H and O–H groups in total. The molecular formula is C11H14N2OS. The van der Waals surface area contributed by atoms with Crippen molar-refractivity contribution in [2.45, 2.75) is 26.8 Å².